The molecule has 0 saturated carbocycles. The number of benzene rings is 1. The minimum absolute atomic E-state index is 0.174. The summed E-state index contributed by atoms with van der Waals surface area (Å²) in [5.41, 5.74) is 1.21. The van der Waals surface area contributed by atoms with E-state index in [2.05, 4.69) is 20.3 Å². The second-order valence-corrected chi connectivity index (χ2v) is 6.41. The maximum atomic E-state index is 10.2. The molecule has 0 amide bonds. The fourth-order valence-electron chi connectivity index (χ4n) is 3.18. The van der Waals surface area contributed by atoms with Crippen LogP contribution in [0.4, 0.5) is 5.82 Å². The number of ether oxygens (including phenoxy) is 1. The maximum Gasteiger partial charge on any atom is 0.167 e. The Hall–Kier alpha value is -2.99. The van der Waals surface area contributed by atoms with Crippen LogP contribution in [0.15, 0.2) is 30.9 Å². The molecule has 148 valence electrons. The van der Waals surface area contributed by atoms with Crippen molar-refractivity contribution in [2.24, 2.45) is 0 Å². The van der Waals surface area contributed by atoms with E-state index in [1.54, 1.807) is 12.1 Å². The van der Waals surface area contributed by atoms with Crippen molar-refractivity contribution in [3.05, 3.63) is 36.4 Å². The van der Waals surface area contributed by atoms with Crippen LogP contribution in [0, 0.1) is 0 Å². The number of rotatable bonds is 5. The molecular formula is C17H19N5O6. The lowest BCUT2D eigenvalue weighted by molar-refractivity contribution is -0.0511. The summed E-state index contributed by atoms with van der Waals surface area (Å²) in [5.74, 6) is -0.0728. The number of phenolic OH excluding ortho intramolecular Hbond substituents is 2. The van der Waals surface area contributed by atoms with E-state index in [0.29, 0.717) is 22.5 Å². The average Bonchev–Trinajstić information content (AvgIpc) is 3.25. The van der Waals surface area contributed by atoms with Crippen LogP contribution in [0.2, 0.25) is 0 Å². The molecule has 3 aromatic rings. The van der Waals surface area contributed by atoms with Crippen LogP contribution in [-0.2, 0) is 11.3 Å². The molecule has 11 heteroatoms. The van der Waals surface area contributed by atoms with Gasteiger partial charge < -0.3 is 35.6 Å². The van der Waals surface area contributed by atoms with E-state index in [4.69, 9.17) is 4.74 Å². The topological polar surface area (TPSA) is 166 Å². The zero-order valence-electron chi connectivity index (χ0n) is 14.5. The molecule has 4 atom stereocenters. The Morgan fingerprint density at radius 3 is 2.68 bits per heavy atom. The van der Waals surface area contributed by atoms with Crippen LogP contribution in [0.5, 0.6) is 11.5 Å². The number of aromatic nitrogens is 4. The summed E-state index contributed by atoms with van der Waals surface area (Å²) in [4.78, 5) is 12.6. The number of hydrogen-bond donors (Lipinski definition) is 6. The summed E-state index contributed by atoms with van der Waals surface area (Å²) in [6.07, 6.45) is -1.67. The van der Waals surface area contributed by atoms with Gasteiger partial charge in [-0.1, -0.05) is 12.1 Å². The molecule has 1 saturated heterocycles. The molecule has 28 heavy (non-hydrogen) atoms. The molecule has 3 heterocycles. The zero-order chi connectivity index (χ0) is 19.8. The van der Waals surface area contributed by atoms with Gasteiger partial charge in [-0.15, -0.1) is 0 Å². The van der Waals surface area contributed by atoms with E-state index in [-0.39, 0.29) is 18.0 Å². The number of aliphatic hydroxyl groups excluding tert-OH is 3. The number of anilines is 1. The van der Waals surface area contributed by atoms with Gasteiger partial charge in [0.15, 0.2) is 34.7 Å². The summed E-state index contributed by atoms with van der Waals surface area (Å²) in [6.45, 7) is -0.260. The summed E-state index contributed by atoms with van der Waals surface area (Å²) >= 11 is 0. The standard InChI is InChI=1S/C17H19N5O6/c23-5-10-13(26)14(27)17(28-10)22-7-21-11-15(19-6-20-16(11)22)18-4-8-2-1-3-9(24)12(8)25/h1-3,6-7,10,13-14,17,23-27H,4-5H2,(H,18,19,20)/t10-,13-,14-,17-/m1/s1. The lowest BCUT2D eigenvalue weighted by atomic mass is 10.1. The van der Waals surface area contributed by atoms with Gasteiger partial charge in [0.25, 0.3) is 0 Å². The van der Waals surface area contributed by atoms with E-state index in [1.807, 2.05) is 0 Å². The van der Waals surface area contributed by atoms with Crippen molar-refractivity contribution in [1.82, 2.24) is 19.5 Å². The third-order valence-corrected chi connectivity index (χ3v) is 4.69. The SMILES string of the molecule is OC[C@H]1O[C@@H](n2cnc3c(NCc4cccc(O)c4O)ncnc32)[C@H](O)[C@@H]1O. The molecule has 2 aromatic heterocycles. The van der Waals surface area contributed by atoms with Crippen molar-refractivity contribution in [1.29, 1.82) is 0 Å². The fourth-order valence-corrected chi connectivity index (χ4v) is 3.18. The van der Waals surface area contributed by atoms with Gasteiger partial charge >= 0.3 is 0 Å². The highest BCUT2D eigenvalue weighted by atomic mass is 16.6. The smallest absolute Gasteiger partial charge is 0.167 e. The molecule has 0 bridgehead atoms. The van der Waals surface area contributed by atoms with Crippen molar-refractivity contribution in [2.75, 3.05) is 11.9 Å². The van der Waals surface area contributed by atoms with E-state index in [1.165, 1.54) is 23.3 Å². The Morgan fingerprint density at radius 2 is 1.93 bits per heavy atom. The number of imidazole rings is 1. The van der Waals surface area contributed by atoms with Gasteiger partial charge in [0.2, 0.25) is 0 Å². The molecule has 1 fully saturated rings. The number of hydrogen-bond acceptors (Lipinski definition) is 10. The quantitative estimate of drug-likeness (QED) is 0.312. The Morgan fingerprint density at radius 1 is 1.11 bits per heavy atom. The normalized spacial score (nSPS) is 24.7. The number of aromatic hydroxyl groups is 2. The molecule has 0 radical (unpaired) electrons. The van der Waals surface area contributed by atoms with E-state index in [9.17, 15) is 25.5 Å². The summed E-state index contributed by atoms with van der Waals surface area (Å²) < 4.78 is 6.97. The van der Waals surface area contributed by atoms with E-state index < -0.39 is 31.1 Å². The third kappa shape index (κ3) is 2.99. The van der Waals surface area contributed by atoms with E-state index >= 15 is 0 Å². The first-order chi connectivity index (χ1) is 13.5. The Bertz CT molecular complexity index is 995. The highest BCUT2D eigenvalue weighted by Crippen LogP contribution is 2.32. The number of nitrogens with zero attached hydrogens (tertiary/aromatic N) is 4. The first-order valence-corrected chi connectivity index (χ1v) is 8.55. The Kier molecular flexibility index (Phi) is 4.73. The lowest BCUT2D eigenvalue weighted by Gasteiger charge is -2.16. The predicted octanol–water partition coefficient (Wildman–Crippen LogP) is -0.539. The largest absolute Gasteiger partial charge is 0.504 e. The molecule has 1 aliphatic heterocycles. The molecule has 1 aromatic carbocycles. The number of phenols is 2. The molecular weight excluding hydrogens is 370 g/mol. The molecule has 1 aliphatic rings. The van der Waals surface area contributed by atoms with Gasteiger partial charge in [-0.3, -0.25) is 4.57 Å². The van der Waals surface area contributed by atoms with Gasteiger partial charge in [0.05, 0.1) is 12.9 Å². The van der Waals surface area contributed by atoms with Gasteiger partial charge in [-0.2, -0.15) is 0 Å². The van der Waals surface area contributed by atoms with Crippen LogP contribution in [0.1, 0.15) is 11.8 Å². The Labute approximate surface area is 158 Å². The highest BCUT2D eigenvalue weighted by Gasteiger charge is 2.44. The Balaban J connectivity index is 1.61. The highest BCUT2D eigenvalue weighted by molar-refractivity contribution is 5.82. The zero-order valence-corrected chi connectivity index (χ0v) is 14.5. The minimum Gasteiger partial charge on any atom is -0.504 e. The fraction of sp³-hybridized carbons (Fsp3) is 0.353. The van der Waals surface area contributed by atoms with Crippen LogP contribution < -0.4 is 5.32 Å². The number of fused-ring (bicyclic) bond motifs is 1. The molecule has 6 N–H and O–H groups in total. The van der Waals surface area contributed by atoms with Crippen molar-refractivity contribution >= 4 is 17.0 Å². The molecule has 0 unspecified atom stereocenters. The van der Waals surface area contributed by atoms with Crippen molar-refractivity contribution in [2.45, 2.75) is 31.1 Å². The van der Waals surface area contributed by atoms with Gasteiger partial charge in [-0.05, 0) is 6.07 Å². The first-order valence-electron chi connectivity index (χ1n) is 8.55. The van der Waals surface area contributed by atoms with Gasteiger partial charge in [-0.25, -0.2) is 15.0 Å². The van der Waals surface area contributed by atoms with Crippen LogP contribution in [0.3, 0.4) is 0 Å². The maximum absolute atomic E-state index is 10.2. The summed E-state index contributed by atoms with van der Waals surface area (Å²) in [5, 5.41) is 51.9. The molecule has 11 nitrogen and oxygen atoms in total. The first kappa shape index (κ1) is 18.4. The molecule has 0 aliphatic carbocycles. The van der Waals surface area contributed by atoms with Crippen LogP contribution in [0.25, 0.3) is 11.2 Å². The second-order valence-electron chi connectivity index (χ2n) is 6.41. The van der Waals surface area contributed by atoms with Crippen molar-refractivity contribution < 1.29 is 30.3 Å². The lowest BCUT2D eigenvalue weighted by Crippen LogP contribution is -2.33. The second kappa shape index (κ2) is 7.20. The van der Waals surface area contributed by atoms with Gasteiger partial charge in [0.1, 0.15) is 24.6 Å². The predicted molar refractivity (Wildman–Crippen MR) is 95.4 cm³/mol. The molecule has 0 spiro atoms. The minimum atomic E-state index is -1.26. The summed E-state index contributed by atoms with van der Waals surface area (Å²) in [7, 11) is 0. The monoisotopic (exact) mass is 389 g/mol. The van der Waals surface area contributed by atoms with Crippen LogP contribution >= 0.6 is 0 Å². The number of aliphatic hydroxyl groups is 3. The molecule has 4 rings (SSSR count). The van der Waals surface area contributed by atoms with Gasteiger partial charge in [0, 0.05) is 12.1 Å². The summed E-state index contributed by atoms with van der Waals surface area (Å²) in [6, 6.07) is 4.64. The van der Waals surface area contributed by atoms with Crippen molar-refractivity contribution in [3.8, 4) is 11.5 Å². The third-order valence-electron chi connectivity index (χ3n) is 4.69. The van der Waals surface area contributed by atoms with E-state index in [0.717, 1.165) is 0 Å². The van der Waals surface area contributed by atoms with Crippen molar-refractivity contribution in [3.63, 3.8) is 0 Å². The van der Waals surface area contributed by atoms with Crippen LogP contribution in [-0.4, -0.2) is 70.0 Å². The number of nitrogens with one attached hydrogen (secondary N) is 1. The average molecular weight is 389 g/mol. The number of para-hydroxylation sites is 1.